The van der Waals surface area contributed by atoms with Crippen LogP contribution in [0.15, 0.2) is 22.7 Å². The quantitative estimate of drug-likeness (QED) is 0.881. The number of ether oxygens (including phenoxy) is 1. The van der Waals surface area contributed by atoms with Crippen molar-refractivity contribution in [1.82, 2.24) is 9.97 Å². The highest BCUT2D eigenvalue weighted by molar-refractivity contribution is 9.10. The van der Waals surface area contributed by atoms with Crippen LogP contribution in [0.5, 0.6) is 0 Å². The van der Waals surface area contributed by atoms with Crippen molar-refractivity contribution in [2.45, 2.75) is 26.2 Å². The molecule has 0 amide bonds. The van der Waals surface area contributed by atoms with Crippen LogP contribution >= 0.6 is 15.9 Å². The van der Waals surface area contributed by atoms with Crippen LogP contribution in [-0.4, -0.2) is 22.5 Å². The molecule has 1 N–H and O–H groups in total. The molecular weight excluding hydrogens is 296 g/mol. The Labute approximate surface area is 114 Å². The van der Waals surface area contributed by atoms with Gasteiger partial charge in [0, 0.05) is 4.47 Å². The largest absolute Gasteiger partial charge is 0.465 e. The zero-order chi connectivity index (χ0) is 13.1. The van der Waals surface area contributed by atoms with Crippen molar-refractivity contribution in [3.8, 4) is 0 Å². The maximum Gasteiger partial charge on any atom is 0.316 e. The predicted molar refractivity (Wildman–Crippen MR) is 73.5 cm³/mol. The third kappa shape index (κ3) is 2.56. The van der Waals surface area contributed by atoms with E-state index in [-0.39, 0.29) is 11.9 Å². The number of halogens is 1. The number of carbonyl (C=O) groups excluding carboxylic acids is 1. The third-order valence-electron chi connectivity index (χ3n) is 2.77. The molecule has 0 radical (unpaired) electrons. The first kappa shape index (κ1) is 13.1. The summed E-state index contributed by atoms with van der Waals surface area (Å²) in [4.78, 5) is 19.5. The Morgan fingerprint density at radius 1 is 1.50 bits per heavy atom. The molecule has 1 atom stereocenters. The summed E-state index contributed by atoms with van der Waals surface area (Å²) in [5.41, 5.74) is 1.78. The van der Waals surface area contributed by atoms with Gasteiger partial charge >= 0.3 is 5.97 Å². The Kier molecular flexibility index (Phi) is 4.01. The minimum atomic E-state index is -0.323. The smallest absolute Gasteiger partial charge is 0.316 e. The number of aromatic amines is 1. The molecule has 0 saturated heterocycles. The first-order chi connectivity index (χ1) is 8.65. The van der Waals surface area contributed by atoms with E-state index >= 15 is 0 Å². The van der Waals surface area contributed by atoms with E-state index in [1.165, 1.54) is 0 Å². The number of carbonyl (C=O) groups is 1. The molecule has 5 heteroatoms. The normalized spacial score (nSPS) is 12.6. The van der Waals surface area contributed by atoms with Crippen molar-refractivity contribution in [2.75, 3.05) is 6.61 Å². The van der Waals surface area contributed by atoms with Crippen molar-refractivity contribution in [3.63, 3.8) is 0 Å². The van der Waals surface area contributed by atoms with Gasteiger partial charge in [0.1, 0.15) is 11.7 Å². The van der Waals surface area contributed by atoms with E-state index in [1.54, 1.807) is 6.92 Å². The zero-order valence-corrected chi connectivity index (χ0v) is 12.0. The number of hydrogen-bond donors (Lipinski definition) is 1. The van der Waals surface area contributed by atoms with Gasteiger partial charge < -0.3 is 9.72 Å². The molecule has 0 fully saturated rings. The standard InChI is InChI=1S/C13H15BrN2O2/c1-3-9(13(17)18-4-2)12-15-10-6-5-8(14)7-11(10)16-12/h5-7,9H,3-4H2,1-2H3,(H,15,16). The lowest BCUT2D eigenvalue weighted by Gasteiger charge is -2.10. The van der Waals surface area contributed by atoms with E-state index in [0.717, 1.165) is 15.5 Å². The van der Waals surface area contributed by atoms with E-state index < -0.39 is 0 Å². The van der Waals surface area contributed by atoms with Crippen LogP contribution in [0, 0.1) is 0 Å². The number of esters is 1. The Hall–Kier alpha value is -1.36. The van der Waals surface area contributed by atoms with Gasteiger partial charge in [0.2, 0.25) is 0 Å². The van der Waals surface area contributed by atoms with Gasteiger partial charge in [-0.25, -0.2) is 4.98 Å². The fraction of sp³-hybridized carbons (Fsp3) is 0.385. The fourth-order valence-corrected chi connectivity index (χ4v) is 2.24. The third-order valence-corrected chi connectivity index (χ3v) is 3.26. The second-order valence-electron chi connectivity index (χ2n) is 4.00. The number of hydrogen-bond acceptors (Lipinski definition) is 3. The van der Waals surface area contributed by atoms with Gasteiger partial charge in [-0.1, -0.05) is 22.9 Å². The van der Waals surface area contributed by atoms with Crippen LogP contribution in [0.25, 0.3) is 11.0 Å². The summed E-state index contributed by atoms with van der Waals surface area (Å²) in [6, 6.07) is 5.79. The average molecular weight is 311 g/mol. The molecule has 0 aliphatic carbocycles. The number of nitrogens with zero attached hydrogens (tertiary/aromatic N) is 1. The molecule has 4 nitrogen and oxygen atoms in total. The van der Waals surface area contributed by atoms with Crippen molar-refractivity contribution in [2.24, 2.45) is 0 Å². The van der Waals surface area contributed by atoms with Gasteiger partial charge in [-0.2, -0.15) is 0 Å². The number of imidazole rings is 1. The second-order valence-corrected chi connectivity index (χ2v) is 4.91. The Bertz CT molecular complexity index is 565. The molecule has 1 aromatic heterocycles. The minimum absolute atomic E-state index is 0.224. The molecule has 1 aromatic carbocycles. The molecule has 96 valence electrons. The number of benzene rings is 1. The van der Waals surface area contributed by atoms with E-state index in [1.807, 2.05) is 25.1 Å². The maximum atomic E-state index is 11.8. The Morgan fingerprint density at radius 2 is 2.28 bits per heavy atom. The van der Waals surface area contributed by atoms with E-state index in [9.17, 15) is 4.79 Å². The highest BCUT2D eigenvalue weighted by Gasteiger charge is 2.23. The van der Waals surface area contributed by atoms with E-state index in [0.29, 0.717) is 18.9 Å². The summed E-state index contributed by atoms with van der Waals surface area (Å²) >= 11 is 3.41. The molecule has 1 heterocycles. The first-order valence-corrected chi connectivity index (χ1v) is 6.76. The Morgan fingerprint density at radius 3 is 2.94 bits per heavy atom. The van der Waals surface area contributed by atoms with E-state index in [4.69, 9.17) is 4.74 Å². The second kappa shape index (κ2) is 5.52. The first-order valence-electron chi connectivity index (χ1n) is 5.97. The van der Waals surface area contributed by atoms with Crippen LogP contribution in [0.1, 0.15) is 32.0 Å². The van der Waals surface area contributed by atoms with Crippen molar-refractivity contribution in [1.29, 1.82) is 0 Å². The number of rotatable bonds is 4. The van der Waals surface area contributed by atoms with Gasteiger partial charge in [0.25, 0.3) is 0 Å². The summed E-state index contributed by atoms with van der Waals surface area (Å²) < 4.78 is 6.04. The topological polar surface area (TPSA) is 55.0 Å². The van der Waals surface area contributed by atoms with Crippen LogP contribution in [-0.2, 0) is 9.53 Å². The molecule has 2 rings (SSSR count). The molecule has 0 aliphatic heterocycles. The van der Waals surface area contributed by atoms with Crippen molar-refractivity contribution in [3.05, 3.63) is 28.5 Å². The van der Waals surface area contributed by atoms with Crippen LogP contribution in [0.3, 0.4) is 0 Å². The van der Waals surface area contributed by atoms with Crippen LogP contribution in [0.2, 0.25) is 0 Å². The van der Waals surface area contributed by atoms with Crippen molar-refractivity contribution >= 4 is 32.9 Å². The molecule has 0 bridgehead atoms. The van der Waals surface area contributed by atoms with Gasteiger partial charge in [-0.3, -0.25) is 4.79 Å². The molecule has 0 spiro atoms. The lowest BCUT2D eigenvalue weighted by molar-refractivity contribution is -0.145. The summed E-state index contributed by atoms with van der Waals surface area (Å²) in [7, 11) is 0. The molecular formula is C13H15BrN2O2. The maximum absolute atomic E-state index is 11.8. The highest BCUT2D eigenvalue weighted by Crippen LogP contribution is 2.23. The summed E-state index contributed by atoms with van der Waals surface area (Å²) in [5, 5.41) is 0. The molecule has 18 heavy (non-hydrogen) atoms. The zero-order valence-electron chi connectivity index (χ0n) is 10.4. The summed E-state index contributed by atoms with van der Waals surface area (Å²) in [5.74, 6) is 0.123. The van der Waals surface area contributed by atoms with Gasteiger partial charge in [0.05, 0.1) is 17.6 Å². The van der Waals surface area contributed by atoms with Gasteiger partial charge in [0.15, 0.2) is 0 Å². The lowest BCUT2D eigenvalue weighted by Crippen LogP contribution is -2.16. The minimum Gasteiger partial charge on any atom is -0.465 e. The summed E-state index contributed by atoms with van der Waals surface area (Å²) in [6.07, 6.45) is 0.666. The number of fused-ring (bicyclic) bond motifs is 1. The summed E-state index contributed by atoms with van der Waals surface area (Å²) in [6.45, 7) is 4.15. The SMILES string of the molecule is CCOC(=O)C(CC)c1nc2ccc(Br)cc2[nH]1. The molecule has 0 aliphatic rings. The fourth-order valence-electron chi connectivity index (χ4n) is 1.88. The van der Waals surface area contributed by atoms with Gasteiger partial charge in [-0.05, 0) is 31.5 Å². The monoisotopic (exact) mass is 310 g/mol. The van der Waals surface area contributed by atoms with Gasteiger partial charge in [-0.15, -0.1) is 0 Å². The lowest BCUT2D eigenvalue weighted by atomic mass is 10.1. The Balaban J connectivity index is 2.36. The average Bonchev–Trinajstić information content (AvgIpc) is 2.72. The number of aromatic nitrogens is 2. The molecule has 0 saturated carbocycles. The van der Waals surface area contributed by atoms with Crippen molar-refractivity contribution < 1.29 is 9.53 Å². The predicted octanol–water partition coefficient (Wildman–Crippen LogP) is 3.38. The highest BCUT2D eigenvalue weighted by atomic mass is 79.9. The van der Waals surface area contributed by atoms with Crippen LogP contribution in [0.4, 0.5) is 0 Å². The van der Waals surface area contributed by atoms with Crippen LogP contribution < -0.4 is 0 Å². The number of nitrogens with one attached hydrogen (secondary N) is 1. The molecule has 2 aromatic rings. The number of H-pyrrole nitrogens is 1. The molecule has 1 unspecified atom stereocenters. The van der Waals surface area contributed by atoms with E-state index in [2.05, 4.69) is 25.9 Å².